The fraction of sp³-hybridized carbons (Fsp3) is 0.500. The van der Waals surface area contributed by atoms with Crippen molar-refractivity contribution in [1.29, 1.82) is 0 Å². The fourth-order valence-electron chi connectivity index (χ4n) is 1.11. The van der Waals surface area contributed by atoms with Crippen LogP contribution in [0, 0.1) is 6.42 Å². The summed E-state index contributed by atoms with van der Waals surface area (Å²) >= 11 is 0. The molecule has 0 unspecified atom stereocenters. The van der Waals surface area contributed by atoms with Gasteiger partial charge in [0, 0.05) is 0 Å². The van der Waals surface area contributed by atoms with E-state index in [4.69, 9.17) is 0 Å². The van der Waals surface area contributed by atoms with E-state index in [1.54, 1.807) is 0 Å². The van der Waals surface area contributed by atoms with Crippen LogP contribution in [0.2, 0.25) is 0 Å². The first-order valence-corrected chi connectivity index (χ1v) is 4.15. The minimum atomic E-state index is 1.25. The molecule has 0 aliphatic heterocycles. The molecule has 1 aliphatic carbocycles. The summed E-state index contributed by atoms with van der Waals surface area (Å²) in [7, 11) is 0. The molecule has 0 N–H and O–H groups in total. The second-order valence-electron chi connectivity index (χ2n) is 2.69. The number of allylic oxidation sites excluding steroid dienone is 4. The Labute approximate surface area is 63.6 Å². The second-order valence-corrected chi connectivity index (χ2v) is 2.69. The van der Waals surface area contributed by atoms with Crippen LogP contribution in [0.1, 0.15) is 32.1 Å². The van der Waals surface area contributed by atoms with E-state index in [9.17, 15) is 0 Å². The van der Waals surface area contributed by atoms with Gasteiger partial charge in [0.05, 0.1) is 0 Å². The molecule has 0 heterocycles. The third-order valence-corrected chi connectivity index (χ3v) is 1.74. The molecule has 0 aromatic rings. The largest absolute Gasteiger partial charge is 0.0845 e. The topological polar surface area (TPSA) is 0 Å². The zero-order chi connectivity index (χ0) is 7.07. The summed E-state index contributed by atoms with van der Waals surface area (Å²) < 4.78 is 0. The highest BCUT2D eigenvalue weighted by Crippen LogP contribution is 2.07. The first-order valence-electron chi connectivity index (χ1n) is 4.15. The molecule has 0 aromatic heterocycles. The fourth-order valence-corrected chi connectivity index (χ4v) is 1.11. The Morgan fingerprint density at radius 2 is 1.60 bits per heavy atom. The highest BCUT2D eigenvalue weighted by Gasteiger charge is 1.88. The highest BCUT2D eigenvalue weighted by molar-refractivity contribution is 5.07. The number of hydrogen-bond acceptors (Lipinski definition) is 0. The van der Waals surface area contributed by atoms with E-state index in [0.717, 1.165) is 0 Å². The van der Waals surface area contributed by atoms with Crippen LogP contribution >= 0.6 is 0 Å². The van der Waals surface area contributed by atoms with E-state index < -0.39 is 0 Å². The van der Waals surface area contributed by atoms with Gasteiger partial charge in [-0.2, -0.15) is 0 Å². The van der Waals surface area contributed by atoms with Crippen LogP contribution in [0.3, 0.4) is 0 Å². The van der Waals surface area contributed by atoms with Gasteiger partial charge in [-0.3, -0.25) is 0 Å². The molecule has 1 aliphatic rings. The lowest BCUT2D eigenvalue weighted by Crippen LogP contribution is -1.78. The Balaban J connectivity index is 2.26. The van der Waals surface area contributed by atoms with Gasteiger partial charge in [-0.25, -0.2) is 0 Å². The van der Waals surface area contributed by atoms with Crippen LogP contribution in [-0.2, 0) is 0 Å². The molecule has 0 fully saturated rings. The maximum Gasteiger partial charge on any atom is -0.0167 e. The van der Waals surface area contributed by atoms with Gasteiger partial charge in [0.25, 0.3) is 0 Å². The van der Waals surface area contributed by atoms with E-state index in [2.05, 4.69) is 30.7 Å². The Morgan fingerprint density at radius 3 is 2.60 bits per heavy atom. The molecule has 0 spiro atoms. The highest BCUT2D eigenvalue weighted by atomic mass is 13.9. The van der Waals surface area contributed by atoms with Crippen molar-refractivity contribution in [2.45, 2.75) is 32.1 Å². The van der Waals surface area contributed by atoms with Gasteiger partial charge >= 0.3 is 0 Å². The van der Waals surface area contributed by atoms with E-state index in [0.29, 0.717) is 0 Å². The van der Waals surface area contributed by atoms with Crippen LogP contribution < -0.4 is 0 Å². The molecule has 0 heteroatoms. The Kier molecular flexibility index (Phi) is 4.00. The molecule has 0 nitrogen and oxygen atoms in total. The smallest absolute Gasteiger partial charge is 0.0167 e. The van der Waals surface area contributed by atoms with Crippen molar-refractivity contribution in [3.63, 3.8) is 0 Å². The average molecular weight is 135 g/mol. The molecular formula is C10H15. The zero-order valence-electron chi connectivity index (χ0n) is 6.42. The van der Waals surface area contributed by atoms with Gasteiger partial charge in [0.1, 0.15) is 0 Å². The summed E-state index contributed by atoms with van der Waals surface area (Å²) in [4.78, 5) is 0. The Morgan fingerprint density at radius 1 is 0.700 bits per heavy atom. The molecule has 0 amide bonds. The van der Waals surface area contributed by atoms with Crippen molar-refractivity contribution < 1.29 is 0 Å². The summed E-state index contributed by atoms with van der Waals surface area (Å²) in [5.41, 5.74) is 0. The molecule has 1 rings (SSSR count). The number of rotatable bonds is 0. The van der Waals surface area contributed by atoms with Gasteiger partial charge in [-0.05, 0) is 25.7 Å². The maximum absolute atomic E-state index is 2.25. The minimum Gasteiger partial charge on any atom is -0.0845 e. The Bertz CT molecular complexity index is 104. The predicted octanol–water partition coefficient (Wildman–Crippen LogP) is 3.27. The first-order chi connectivity index (χ1) is 5.00. The van der Waals surface area contributed by atoms with Crippen LogP contribution in [0.5, 0.6) is 0 Å². The summed E-state index contributed by atoms with van der Waals surface area (Å²) in [6.07, 6.45) is 17.5. The third-order valence-electron chi connectivity index (χ3n) is 1.74. The second kappa shape index (κ2) is 5.28. The van der Waals surface area contributed by atoms with E-state index in [-0.39, 0.29) is 0 Å². The predicted molar refractivity (Wildman–Crippen MR) is 45.7 cm³/mol. The molecule has 1 radical (unpaired) electrons. The van der Waals surface area contributed by atoms with Crippen molar-refractivity contribution >= 4 is 0 Å². The van der Waals surface area contributed by atoms with Crippen LogP contribution in [0.15, 0.2) is 24.3 Å². The normalized spacial score (nSPS) is 27.2. The summed E-state index contributed by atoms with van der Waals surface area (Å²) in [5.74, 6) is 0. The lowest BCUT2D eigenvalue weighted by molar-refractivity contribution is 0.685. The molecule has 0 aromatic carbocycles. The van der Waals surface area contributed by atoms with E-state index in [1.165, 1.54) is 32.1 Å². The van der Waals surface area contributed by atoms with Gasteiger partial charge in [0.15, 0.2) is 0 Å². The van der Waals surface area contributed by atoms with Crippen molar-refractivity contribution in [3.8, 4) is 0 Å². The zero-order valence-corrected chi connectivity index (χ0v) is 6.42. The third kappa shape index (κ3) is 3.49. The van der Waals surface area contributed by atoms with Crippen LogP contribution in [-0.4, -0.2) is 0 Å². The van der Waals surface area contributed by atoms with Crippen molar-refractivity contribution in [1.82, 2.24) is 0 Å². The molecular weight excluding hydrogens is 120 g/mol. The minimum absolute atomic E-state index is 1.25. The van der Waals surface area contributed by atoms with Gasteiger partial charge in [-0.15, -0.1) is 0 Å². The van der Waals surface area contributed by atoms with Crippen LogP contribution in [0.4, 0.5) is 0 Å². The first kappa shape index (κ1) is 7.59. The SMILES string of the molecule is [CH]1/C=C\C=C\CCCCC1. The number of hydrogen-bond donors (Lipinski definition) is 0. The monoisotopic (exact) mass is 135 g/mol. The Hall–Kier alpha value is -0.520. The summed E-state index contributed by atoms with van der Waals surface area (Å²) in [6.45, 7) is 0. The van der Waals surface area contributed by atoms with Gasteiger partial charge < -0.3 is 0 Å². The molecule has 0 bridgehead atoms. The molecule has 10 heavy (non-hydrogen) atoms. The van der Waals surface area contributed by atoms with Gasteiger partial charge in [-0.1, -0.05) is 37.1 Å². The molecule has 0 atom stereocenters. The average Bonchev–Trinajstić information content (AvgIpc) is 2.01. The van der Waals surface area contributed by atoms with E-state index >= 15 is 0 Å². The molecule has 0 saturated heterocycles. The van der Waals surface area contributed by atoms with Crippen molar-refractivity contribution in [3.05, 3.63) is 30.7 Å². The molecule has 55 valence electrons. The lowest BCUT2D eigenvalue weighted by atomic mass is 10.1. The summed E-state index contributed by atoms with van der Waals surface area (Å²) in [6, 6.07) is 0. The van der Waals surface area contributed by atoms with Crippen molar-refractivity contribution in [2.24, 2.45) is 0 Å². The maximum atomic E-state index is 2.25. The molecule has 0 saturated carbocycles. The quantitative estimate of drug-likeness (QED) is 0.478. The van der Waals surface area contributed by atoms with Crippen molar-refractivity contribution in [2.75, 3.05) is 0 Å². The lowest BCUT2D eigenvalue weighted by Gasteiger charge is -1.97. The summed E-state index contributed by atoms with van der Waals surface area (Å²) in [5, 5.41) is 0. The van der Waals surface area contributed by atoms with E-state index in [1.807, 2.05) is 0 Å². The standard InChI is InChI=1S/C10H15/c1-2-4-6-8-10-9-7-5-3-1/h1-5H,6-10H2/b2-1-,5-3+. The van der Waals surface area contributed by atoms with Crippen LogP contribution in [0.25, 0.3) is 0 Å². The van der Waals surface area contributed by atoms with Gasteiger partial charge in [0.2, 0.25) is 0 Å².